The zero-order valence-corrected chi connectivity index (χ0v) is 9.30. The van der Waals surface area contributed by atoms with Crippen molar-refractivity contribution in [3.8, 4) is 0 Å². The molecule has 0 amide bonds. The molecule has 2 nitrogen and oxygen atoms in total. The number of ketones is 1. The van der Waals surface area contributed by atoms with Crippen LogP contribution in [0.15, 0.2) is 54.8 Å². The normalized spacial score (nSPS) is 19.3. The molecule has 2 aromatic rings. The lowest BCUT2D eigenvalue weighted by Crippen LogP contribution is -2.11. The number of allylic oxidation sites excluding steroid dienone is 1. The molecular weight excluding hydrogens is 212 g/mol. The fourth-order valence-electron chi connectivity index (χ4n) is 2.11. The zero-order chi connectivity index (χ0) is 11.7. The molecule has 17 heavy (non-hydrogen) atoms. The number of hydrogen-bond donors (Lipinski definition) is 0. The van der Waals surface area contributed by atoms with Gasteiger partial charge in [0.25, 0.3) is 0 Å². The molecule has 0 saturated carbocycles. The SMILES string of the molecule is O=C1C=CO[C@H](c2ccc3ccccc3c2)C1. The van der Waals surface area contributed by atoms with Crippen LogP contribution in [0.5, 0.6) is 0 Å². The molecule has 0 radical (unpaired) electrons. The van der Waals surface area contributed by atoms with Crippen molar-refractivity contribution in [1.29, 1.82) is 0 Å². The lowest BCUT2D eigenvalue weighted by atomic mass is 9.99. The van der Waals surface area contributed by atoms with Gasteiger partial charge in [-0.05, 0) is 22.4 Å². The lowest BCUT2D eigenvalue weighted by molar-refractivity contribution is -0.118. The monoisotopic (exact) mass is 224 g/mol. The van der Waals surface area contributed by atoms with Crippen molar-refractivity contribution in [2.75, 3.05) is 0 Å². The Labute approximate surface area is 99.5 Å². The summed E-state index contributed by atoms with van der Waals surface area (Å²) < 4.78 is 5.48. The van der Waals surface area contributed by atoms with Crippen LogP contribution in [0.3, 0.4) is 0 Å². The zero-order valence-electron chi connectivity index (χ0n) is 9.30. The Morgan fingerprint density at radius 2 is 1.88 bits per heavy atom. The van der Waals surface area contributed by atoms with Crippen molar-refractivity contribution in [2.24, 2.45) is 0 Å². The van der Waals surface area contributed by atoms with E-state index in [2.05, 4.69) is 24.3 Å². The highest BCUT2D eigenvalue weighted by molar-refractivity contribution is 5.90. The smallest absolute Gasteiger partial charge is 0.162 e. The number of carbonyl (C=O) groups excluding carboxylic acids is 1. The molecular formula is C15H12O2. The number of ether oxygens (including phenoxy) is 1. The van der Waals surface area contributed by atoms with E-state index in [0.717, 1.165) is 5.56 Å². The lowest BCUT2D eigenvalue weighted by Gasteiger charge is -2.19. The summed E-state index contributed by atoms with van der Waals surface area (Å²) in [5.41, 5.74) is 1.06. The Morgan fingerprint density at radius 1 is 1.06 bits per heavy atom. The van der Waals surface area contributed by atoms with E-state index in [1.54, 1.807) is 0 Å². The van der Waals surface area contributed by atoms with Gasteiger partial charge in [-0.15, -0.1) is 0 Å². The minimum Gasteiger partial charge on any atom is -0.493 e. The maximum Gasteiger partial charge on any atom is 0.162 e. The van der Waals surface area contributed by atoms with Crippen LogP contribution in [0.2, 0.25) is 0 Å². The third kappa shape index (κ3) is 1.94. The van der Waals surface area contributed by atoms with Crippen LogP contribution in [0, 0.1) is 0 Å². The van der Waals surface area contributed by atoms with Crippen molar-refractivity contribution in [3.63, 3.8) is 0 Å². The van der Waals surface area contributed by atoms with Crippen molar-refractivity contribution in [3.05, 3.63) is 60.4 Å². The quantitative estimate of drug-likeness (QED) is 0.742. The summed E-state index contributed by atoms with van der Waals surface area (Å²) in [5, 5.41) is 2.38. The fourth-order valence-corrected chi connectivity index (χ4v) is 2.11. The average Bonchev–Trinajstić information content (AvgIpc) is 2.38. The molecule has 1 heterocycles. The van der Waals surface area contributed by atoms with Crippen LogP contribution in [-0.2, 0) is 9.53 Å². The first kappa shape index (κ1) is 10.1. The van der Waals surface area contributed by atoms with Gasteiger partial charge in [-0.1, -0.05) is 36.4 Å². The molecule has 84 valence electrons. The van der Waals surface area contributed by atoms with E-state index in [4.69, 9.17) is 4.74 Å². The highest BCUT2D eigenvalue weighted by atomic mass is 16.5. The van der Waals surface area contributed by atoms with Gasteiger partial charge >= 0.3 is 0 Å². The molecule has 0 saturated heterocycles. The number of hydrogen-bond acceptors (Lipinski definition) is 2. The van der Waals surface area contributed by atoms with Crippen molar-refractivity contribution in [2.45, 2.75) is 12.5 Å². The van der Waals surface area contributed by atoms with E-state index >= 15 is 0 Å². The van der Waals surface area contributed by atoms with E-state index in [-0.39, 0.29) is 11.9 Å². The first-order valence-corrected chi connectivity index (χ1v) is 5.66. The van der Waals surface area contributed by atoms with Crippen LogP contribution in [0.25, 0.3) is 10.8 Å². The number of fused-ring (bicyclic) bond motifs is 1. The first-order chi connectivity index (χ1) is 8.33. The second-order valence-corrected chi connectivity index (χ2v) is 4.20. The summed E-state index contributed by atoms with van der Waals surface area (Å²) >= 11 is 0. The summed E-state index contributed by atoms with van der Waals surface area (Å²) in [7, 11) is 0. The average molecular weight is 224 g/mol. The Morgan fingerprint density at radius 3 is 2.71 bits per heavy atom. The highest BCUT2D eigenvalue weighted by Crippen LogP contribution is 2.27. The van der Waals surface area contributed by atoms with Crippen LogP contribution < -0.4 is 0 Å². The summed E-state index contributed by atoms with van der Waals surface area (Å²) in [6.45, 7) is 0. The predicted octanol–water partition coefficient (Wildman–Crippen LogP) is 3.38. The van der Waals surface area contributed by atoms with Gasteiger partial charge in [-0.2, -0.15) is 0 Å². The number of rotatable bonds is 1. The molecule has 1 aliphatic rings. The minimum absolute atomic E-state index is 0.120. The molecule has 0 bridgehead atoms. The van der Waals surface area contributed by atoms with Crippen LogP contribution in [-0.4, -0.2) is 5.78 Å². The van der Waals surface area contributed by atoms with E-state index in [0.29, 0.717) is 6.42 Å². The van der Waals surface area contributed by atoms with Crippen LogP contribution in [0.1, 0.15) is 18.1 Å². The van der Waals surface area contributed by atoms with E-state index in [1.807, 2.05) is 18.2 Å². The van der Waals surface area contributed by atoms with Gasteiger partial charge in [0.1, 0.15) is 6.10 Å². The van der Waals surface area contributed by atoms with Crippen molar-refractivity contribution in [1.82, 2.24) is 0 Å². The van der Waals surface area contributed by atoms with Gasteiger partial charge in [-0.25, -0.2) is 0 Å². The Bertz CT molecular complexity index is 599. The van der Waals surface area contributed by atoms with E-state index < -0.39 is 0 Å². The van der Waals surface area contributed by atoms with Gasteiger partial charge < -0.3 is 4.74 Å². The third-order valence-electron chi connectivity index (χ3n) is 3.03. The van der Waals surface area contributed by atoms with E-state index in [1.165, 1.54) is 23.1 Å². The summed E-state index contributed by atoms with van der Waals surface area (Å²) in [5.74, 6) is 0.120. The molecule has 0 aliphatic carbocycles. The van der Waals surface area contributed by atoms with Gasteiger partial charge in [0.2, 0.25) is 0 Å². The first-order valence-electron chi connectivity index (χ1n) is 5.66. The van der Waals surface area contributed by atoms with Crippen LogP contribution >= 0.6 is 0 Å². The predicted molar refractivity (Wildman–Crippen MR) is 66.5 cm³/mol. The van der Waals surface area contributed by atoms with Gasteiger partial charge in [0.05, 0.1) is 12.7 Å². The van der Waals surface area contributed by atoms with Crippen molar-refractivity contribution < 1.29 is 9.53 Å². The minimum atomic E-state index is -0.142. The molecule has 1 aliphatic heterocycles. The molecule has 0 fully saturated rings. The molecule has 0 aromatic heterocycles. The maximum atomic E-state index is 11.3. The highest BCUT2D eigenvalue weighted by Gasteiger charge is 2.18. The summed E-state index contributed by atoms with van der Waals surface area (Å²) in [4.78, 5) is 11.3. The maximum absolute atomic E-state index is 11.3. The second-order valence-electron chi connectivity index (χ2n) is 4.20. The van der Waals surface area contributed by atoms with Gasteiger partial charge in [0, 0.05) is 6.08 Å². The molecule has 0 N–H and O–H groups in total. The molecule has 2 heteroatoms. The van der Waals surface area contributed by atoms with Gasteiger partial charge in [0.15, 0.2) is 5.78 Å². The van der Waals surface area contributed by atoms with Gasteiger partial charge in [-0.3, -0.25) is 4.79 Å². The Balaban J connectivity index is 2.00. The number of carbonyl (C=O) groups is 1. The molecule has 0 unspecified atom stereocenters. The Hall–Kier alpha value is -2.09. The Kier molecular flexibility index (Phi) is 2.41. The fraction of sp³-hybridized carbons (Fsp3) is 0.133. The largest absolute Gasteiger partial charge is 0.493 e. The second kappa shape index (κ2) is 4.06. The summed E-state index contributed by atoms with van der Waals surface area (Å²) in [6, 6.07) is 14.4. The third-order valence-corrected chi connectivity index (χ3v) is 3.03. The van der Waals surface area contributed by atoms with Crippen LogP contribution in [0.4, 0.5) is 0 Å². The standard InChI is InChI=1S/C15H12O2/c16-14-7-8-17-15(10-14)13-6-5-11-3-1-2-4-12(11)9-13/h1-9,15H,10H2/t15-/m0/s1. The molecule has 1 atom stereocenters. The number of benzene rings is 2. The topological polar surface area (TPSA) is 26.3 Å². The van der Waals surface area contributed by atoms with Crippen molar-refractivity contribution >= 4 is 16.6 Å². The molecule has 3 rings (SSSR count). The van der Waals surface area contributed by atoms with E-state index in [9.17, 15) is 4.79 Å². The summed E-state index contributed by atoms with van der Waals surface area (Å²) in [6.07, 6.45) is 3.26. The molecule has 2 aromatic carbocycles. The molecule has 0 spiro atoms.